The number of ether oxygens (including phenoxy) is 1. The molecule has 0 N–H and O–H groups in total. The van der Waals surface area contributed by atoms with Crippen LogP contribution in [0.4, 0.5) is 0 Å². The zero-order valence-corrected chi connectivity index (χ0v) is 18.0. The standard InChI is InChI=1S/C19H29N3O2S2/c1-6-22-18(23)16-13(4)14(5)26-17(16)20-19(22)25-11-15-10-21(7-8-24-15)9-12(2)3/h12,15H,6-11H2,1-5H3/t15-/m0/s1. The molecule has 3 heterocycles. The Morgan fingerprint density at radius 1 is 1.38 bits per heavy atom. The van der Waals surface area contributed by atoms with Crippen LogP contribution < -0.4 is 5.56 Å². The van der Waals surface area contributed by atoms with Crippen molar-refractivity contribution in [3.63, 3.8) is 0 Å². The van der Waals surface area contributed by atoms with Gasteiger partial charge in [0.05, 0.1) is 18.1 Å². The Hall–Kier alpha value is -0.890. The summed E-state index contributed by atoms with van der Waals surface area (Å²) in [6.07, 6.45) is 0.192. The lowest BCUT2D eigenvalue weighted by Gasteiger charge is -2.33. The number of hydrogen-bond donors (Lipinski definition) is 0. The van der Waals surface area contributed by atoms with Crippen LogP contribution in [0.5, 0.6) is 0 Å². The van der Waals surface area contributed by atoms with E-state index in [0.29, 0.717) is 12.5 Å². The van der Waals surface area contributed by atoms with Gasteiger partial charge in [0, 0.05) is 36.8 Å². The van der Waals surface area contributed by atoms with Crippen LogP contribution >= 0.6 is 23.1 Å². The smallest absolute Gasteiger partial charge is 0.263 e. The molecule has 1 saturated heterocycles. The van der Waals surface area contributed by atoms with E-state index in [1.54, 1.807) is 27.7 Å². The van der Waals surface area contributed by atoms with Crippen molar-refractivity contribution in [1.82, 2.24) is 14.5 Å². The van der Waals surface area contributed by atoms with Crippen molar-refractivity contribution in [3.05, 3.63) is 20.8 Å². The van der Waals surface area contributed by atoms with Crippen LogP contribution in [-0.4, -0.2) is 52.5 Å². The van der Waals surface area contributed by atoms with Crippen LogP contribution in [0.25, 0.3) is 10.2 Å². The van der Waals surface area contributed by atoms with E-state index in [0.717, 1.165) is 52.9 Å². The molecule has 1 atom stereocenters. The van der Waals surface area contributed by atoms with Crippen LogP contribution in [-0.2, 0) is 11.3 Å². The minimum atomic E-state index is 0.0906. The van der Waals surface area contributed by atoms with E-state index in [1.807, 2.05) is 13.8 Å². The Bertz CT molecular complexity index is 828. The Kier molecular flexibility index (Phi) is 6.43. The van der Waals surface area contributed by atoms with E-state index in [2.05, 4.69) is 25.7 Å². The topological polar surface area (TPSA) is 47.4 Å². The zero-order valence-electron chi connectivity index (χ0n) is 16.4. The van der Waals surface area contributed by atoms with Crippen molar-refractivity contribution in [2.24, 2.45) is 5.92 Å². The van der Waals surface area contributed by atoms with E-state index < -0.39 is 0 Å². The van der Waals surface area contributed by atoms with Gasteiger partial charge in [0.25, 0.3) is 5.56 Å². The number of aromatic nitrogens is 2. The van der Waals surface area contributed by atoms with E-state index in [4.69, 9.17) is 9.72 Å². The molecule has 1 fully saturated rings. The average Bonchev–Trinajstić information content (AvgIpc) is 2.87. The summed E-state index contributed by atoms with van der Waals surface area (Å²) in [6.45, 7) is 15.1. The van der Waals surface area contributed by atoms with Gasteiger partial charge in [-0.1, -0.05) is 25.6 Å². The fourth-order valence-corrected chi connectivity index (χ4v) is 5.57. The molecule has 7 heteroatoms. The molecule has 2 aromatic rings. The third-order valence-corrected chi connectivity index (χ3v) is 7.02. The molecule has 0 aromatic carbocycles. The van der Waals surface area contributed by atoms with Gasteiger partial charge in [-0.2, -0.15) is 0 Å². The SMILES string of the molecule is CCn1c(SC[C@@H]2CN(CC(C)C)CCO2)nc2sc(C)c(C)c2c1=O. The monoisotopic (exact) mass is 395 g/mol. The molecule has 2 aromatic heterocycles. The van der Waals surface area contributed by atoms with Crippen LogP contribution in [0.15, 0.2) is 9.95 Å². The molecule has 0 amide bonds. The molecular formula is C19H29N3O2S2. The third-order valence-electron chi connectivity index (χ3n) is 4.81. The Labute approximate surface area is 163 Å². The largest absolute Gasteiger partial charge is 0.375 e. The number of fused-ring (bicyclic) bond motifs is 1. The van der Waals surface area contributed by atoms with Crippen LogP contribution in [0.1, 0.15) is 31.2 Å². The maximum atomic E-state index is 12.9. The first-order valence-electron chi connectivity index (χ1n) is 9.38. The molecule has 1 aliphatic rings. The lowest BCUT2D eigenvalue weighted by atomic mass is 10.2. The van der Waals surface area contributed by atoms with Crippen molar-refractivity contribution in [2.45, 2.75) is 52.4 Å². The minimum Gasteiger partial charge on any atom is -0.375 e. The van der Waals surface area contributed by atoms with Crippen LogP contribution in [0.3, 0.4) is 0 Å². The Balaban J connectivity index is 1.77. The van der Waals surface area contributed by atoms with Gasteiger partial charge in [-0.3, -0.25) is 14.3 Å². The van der Waals surface area contributed by atoms with E-state index in [9.17, 15) is 4.79 Å². The molecule has 144 valence electrons. The molecule has 0 aliphatic carbocycles. The van der Waals surface area contributed by atoms with Crippen molar-refractivity contribution in [3.8, 4) is 0 Å². The van der Waals surface area contributed by atoms with Gasteiger partial charge in [0.1, 0.15) is 4.83 Å². The summed E-state index contributed by atoms with van der Waals surface area (Å²) in [5.41, 5.74) is 1.16. The molecule has 0 unspecified atom stereocenters. The first-order valence-corrected chi connectivity index (χ1v) is 11.2. The predicted molar refractivity (Wildman–Crippen MR) is 111 cm³/mol. The van der Waals surface area contributed by atoms with Crippen molar-refractivity contribution < 1.29 is 4.74 Å². The maximum absolute atomic E-state index is 12.9. The minimum absolute atomic E-state index is 0.0906. The number of rotatable bonds is 6. The number of nitrogens with zero attached hydrogens (tertiary/aromatic N) is 3. The molecule has 5 nitrogen and oxygen atoms in total. The predicted octanol–water partition coefficient (Wildman–Crippen LogP) is 3.54. The number of morpholine rings is 1. The molecule has 0 bridgehead atoms. The van der Waals surface area contributed by atoms with Crippen molar-refractivity contribution in [2.75, 3.05) is 32.0 Å². The highest BCUT2D eigenvalue weighted by Gasteiger charge is 2.23. The first kappa shape index (κ1) is 19.9. The second kappa shape index (κ2) is 8.42. The average molecular weight is 396 g/mol. The Morgan fingerprint density at radius 3 is 2.85 bits per heavy atom. The number of hydrogen-bond acceptors (Lipinski definition) is 6. The lowest BCUT2D eigenvalue weighted by molar-refractivity contribution is -0.0191. The van der Waals surface area contributed by atoms with Gasteiger partial charge in [0.2, 0.25) is 0 Å². The first-order chi connectivity index (χ1) is 12.4. The highest BCUT2D eigenvalue weighted by Crippen LogP contribution is 2.29. The van der Waals surface area contributed by atoms with E-state index in [1.165, 1.54) is 4.88 Å². The third kappa shape index (κ3) is 4.16. The summed E-state index contributed by atoms with van der Waals surface area (Å²) in [5.74, 6) is 1.50. The lowest BCUT2D eigenvalue weighted by Crippen LogP contribution is -2.44. The summed E-state index contributed by atoms with van der Waals surface area (Å²) < 4.78 is 7.76. The highest BCUT2D eigenvalue weighted by atomic mass is 32.2. The van der Waals surface area contributed by atoms with Crippen LogP contribution in [0.2, 0.25) is 0 Å². The van der Waals surface area contributed by atoms with Gasteiger partial charge in [0.15, 0.2) is 5.16 Å². The van der Waals surface area contributed by atoms with Gasteiger partial charge in [-0.05, 0) is 32.3 Å². The Morgan fingerprint density at radius 2 is 2.15 bits per heavy atom. The summed E-state index contributed by atoms with van der Waals surface area (Å²) >= 11 is 3.27. The summed E-state index contributed by atoms with van der Waals surface area (Å²) in [4.78, 5) is 22.3. The molecule has 0 saturated carbocycles. The molecule has 1 aliphatic heterocycles. The van der Waals surface area contributed by atoms with Gasteiger partial charge in [-0.25, -0.2) is 4.98 Å². The molecular weight excluding hydrogens is 366 g/mol. The summed E-state index contributed by atoms with van der Waals surface area (Å²) in [5, 5.41) is 1.60. The summed E-state index contributed by atoms with van der Waals surface area (Å²) in [6, 6.07) is 0. The second-order valence-electron chi connectivity index (χ2n) is 7.36. The molecule has 26 heavy (non-hydrogen) atoms. The van der Waals surface area contributed by atoms with Crippen LogP contribution in [0, 0.1) is 19.8 Å². The molecule has 0 radical (unpaired) electrons. The maximum Gasteiger partial charge on any atom is 0.263 e. The van der Waals surface area contributed by atoms with Gasteiger partial charge < -0.3 is 4.74 Å². The highest BCUT2D eigenvalue weighted by molar-refractivity contribution is 7.99. The van der Waals surface area contributed by atoms with Crippen molar-refractivity contribution >= 4 is 33.3 Å². The number of aryl methyl sites for hydroxylation is 2. The van der Waals surface area contributed by atoms with E-state index >= 15 is 0 Å². The van der Waals surface area contributed by atoms with E-state index in [-0.39, 0.29) is 11.7 Å². The fraction of sp³-hybridized carbons (Fsp3) is 0.684. The second-order valence-corrected chi connectivity index (χ2v) is 9.55. The van der Waals surface area contributed by atoms with Crippen molar-refractivity contribution in [1.29, 1.82) is 0 Å². The number of thioether (sulfide) groups is 1. The normalized spacial score (nSPS) is 18.9. The number of thiophene rings is 1. The quantitative estimate of drug-likeness (QED) is 0.553. The molecule has 0 spiro atoms. The zero-order chi connectivity index (χ0) is 18.8. The van der Waals surface area contributed by atoms with Gasteiger partial charge >= 0.3 is 0 Å². The summed E-state index contributed by atoms with van der Waals surface area (Å²) in [7, 11) is 0. The fourth-order valence-electron chi connectivity index (χ4n) is 3.43. The molecule has 3 rings (SSSR count). The van der Waals surface area contributed by atoms with Gasteiger partial charge in [-0.15, -0.1) is 11.3 Å².